The molecule has 146 valence electrons. The van der Waals surface area contributed by atoms with Crippen molar-refractivity contribution in [2.75, 3.05) is 20.2 Å². The number of aromatic amines is 1. The molecule has 1 amide bonds. The molecule has 0 bridgehead atoms. The van der Waals surface area contributed by atoms with Gasteiger partial charge < -0.3 is 19.9 Å². The summed E-state index contributed by atoms with van der Waals surface area (Å²) in [5, 5.41) is 2.90. The summed E-state index contributed by atoms with van der Waals surface area (Å²) in [6.45, 7) is 13.2. The zero-order valence-electron chi connectivity index (χ0n) is 17.1. The van der Waals surface area contributed by atoms with Crippen LogP contribution < -0.4 is 10.2 Å². The first kappa shape index (κ1) is 21.9. The van der Waals surface area contributed by atoms with Crippen LogP contribution in [-0.2, 0) is 9.53 Å². The highest BCUT2D eigenvalue weighted by Crippen LogP contribution is 2.20. The topological polar surface area (TPSA) is 92.7 Å². The van der Waals surface area contributed by atoms with Gasteiger partial charge in [-0.3, -0.25) is 9.59 Å². The second-order valence-electron chi connectivity index (χ2n) is 7.75. The van der Waals surface area contributed by atoms with E-state index in [2.05, 4.69) is 10.3 Å². The molecule has 0 spiro atoms. The lowest BCUT2D eigenvalue weighted by atomic mass is 10.0. The second kappa shape index (κ2) is 8.49. The minimum Gasteiger partial charge on any atom is -0.462 e. The minimum absolute atomic E-state index is 0.110. The molecule has 1 heterocycles. The molecule has 0 fully saturated rings. The summed E-state index contributed by atoms with van der Waals surface area (Å²) in [6, 6.07) is -0.437. The fourth-order valence-corrected chi connectivity index (χ4v) is 2.81. The lowest BCUT2D eigenvalue weighted by molar-refractivity contribution is -0.885. The van der Waals surface area contributed by atoms with E-state index < -0.39 is 12.0 Å². The van der Waals surface area contributed by atoms with Gasteiger partial charge in [-0.05, 0) is 54.0 Å². The quantitative estimate of drug-likeness (QED) is 0.492. The first-order valence-electron chi connectivity index (χ1n) is 8.92. The van der Waals surface area contributed by atoms with E-state index in [-0.39, 0.29) is 30.4 Å². The number of ether oxygens (including phenoxy) is 1. The lowest BCUT2D eigenvalue weighted by Crippen LogP contribution is -3.14. The summed E-state index contributed by atoms with van der Waals surface area (Å²) in [5.41, 5.74) is 1.69. The number of aryl methyl sites for hydroxylation is 1. The van der Waals surface area contributed by atoms with Crippen LogP contribution in [0.1, 0.15) is 66.7 Å². The molecule has 0 aliphatic carbocycles. The van der Waals surface area contributed by atoms with E-state index >= 15 is 0 Å². The van der Waals surface area contributed by atoms with E-state index in [1.165, 1.54) is 0 Å². The van der Waals surface area contributed by atoms with E-state index in [1.54, 1.807) is 27.7 Å². The zero-order chi connectivity index (χ0) is 20.2. The molecule has 7 nitrogen and oxygen atoms in total. The van der Waals surface area contributed by atoms with Gasteiger partial charge in [0, 0.05) is 11.2 Å². The summed E-state index contributed by atoms with van der Waals surface area (Å²) in [4.78, 5) is 40.9. The summed E-state index contributed by atoms with van der Waals surface area (Å²) in [6.07, 6.45) is 0. The lowest BCUT2D eigenvalue weighted by Gasteiger charge is -2.24. The molecule has 0 aliphatic heterocycles. The van der Waals surface area contributed by atoms with Gasteiger partial charge in [0.2, 0.25) is 5.78 Å². The van der Waals surface area contributed by atoms with Gasteiger partial charge in [-0.25, -0.2) is 4.79 Å². The second-order valence-corrected chi connectivity index (χ2v) is 7.75. The van der Waals surface area contributed by atoms with Crippen LogP contribution in [0.15, 0.2) is 0 Å². The number of carbonyl (C=O) groups excluding carboxylic acids is 3. The Balaban J connectivity index is 2.93. The number of esters is 1. The van der Waals surface area contributed by atoms with Crippen molar-refractivity contribution >= 4 is 17.7 Å². The average molecular weight is 366 g/mol. The van der Waals surface area contributed by atoms with Gasteiger partial charge in [-0.2, -0.15) is 0 Å². The third-order valence-electron chi connectivity index (χ3n) is 4.25. The Morgan fingerprint density at radius 2 is 1.81 bits per heavy atom. The van der Waals surface area contributed by atoms with Crippen molar-refractivity contribution < 1.29 is 24.0 Å². The highest BCUT2D eigenvalue weighted by Gasteiger charge is 2.30. The molecule has 1 aromatic rings. The predicted molar refractivity (Wildman–Crippen MR) is 99.7 cm³/mol. The number of hydrogen-bond donors (Lipinski definition) is 3. The number of H-pyrrole nitrogens is 1. The molecule has 26 heavy (non-hydrogen) atoms. The zero-order valence-corrected chi connectivity index (χ0v) is 17.1. The highest BCUT2D eigenvalue weighted by molar-refractivity contribution is 6.03. The van der Waals surface area contributed by atoms with Crippen molar-refractivity contribution in [3.63, 3.8) is 0 Å². The van der Waals surface area contributed by atoms with Crippen LogP contribution in [0.5, 0.6) is 0 Å². The molecule has 0 saturated carbocycles. The predicted octanol–water partition coefficient (Wildman–Crippen LogP) is 0.809. The molecular formula is C19H32N3O4+. The number of hydrogen-bond acceptors (Lipinski definition) is 4. The van der Waals surface area contributed by atoms with Crippen molar-refractivity contribution in [2.45, 2.75) is 60.0 Å². The van der Waals surface area contributed by atoms with E-state index in [4.69, 9.17) is 4.74 Å². The van der Waals surface area contributed by atoms with E-state index in [0.29, 0.717) is 22.5 Å². The molecular weight excluding hydrogens is 334 g/mol. The number of quaternary nitrogens is 1. The summed E-state index contributed by atoms with van der Waals surface area (Å²) >= 11 is 0. The number of rotatable bonds is 7. The van der Waals surface area contributed by atoms with Crippen molar-refractivity contribution in [3.05, 3.63) is 22.5 Å². The first-order valence-corrected chi connectivity index (χ1v) is 8.92. The molecule has 1 unspecified atom stereocenters. The molecule has 7 heteroatoms. The molecule has 0 aliphatic rings. The SMILES string of the molecule is CCOC(=O)c1c(C)[nH]c(C(=O)[C@@H](C)[NH+](C)CC(=O)NC(C)(C)C)c1C. The van der Waals surface area contributed by atoms with E-state index in [1.807, 2.05) is 27.8 Å². The summed E-state index contributed by atoms with van der Waals surface area (Å²) < 4.78 is 5.06. The number of likely N-dealkylation sites (N-methyl/N-ethyl adjacent to an activating group) is 1. The molecule has 1 aromatic heterocycles. The largest absolute Gasteiger partial charge is 0.462 e. The van der Waals surface area contributed by atoms with Gasteiger partial charge in [0.05, 0.1) is 24.9 Å². The van der Waals surface area contributed by atoms with Crippen LogP contribution in [0.25, 0.3) is 0 Å². The number of carbonyl (C=O) groups is 3. The van der Waals surface area contributed by atoms with Crippen molar-refractivity contribution in [3.8, 4) is 0 Å². The minimum atomic E-state index is -0.437. The van der Waals surface area contributed by atoms with Crippen molar-refractivity contribution in [1.82, 2.24) is 10.3 Å². The Hall–Kier alpha value is -2.15. The summed E-state index contributed by atoms with van der Waals surface area (Å²) in [7, 11) is 1.81. The van der Waals surface area contributed by atoms with Gasteiger partial charge in [0.1, 0.15) is 0 Å². The Morgan fingerprint density at radius 3 is 2.31 bits per heavy atom. The monoisotopic (exact) mass is 366 g/mol. The van der Waals surface area contributed by atoms with Crippen LogP contribution in [-0.4, -0.2) is 54.4 Å². The van der Waals surface area contributed by atoms with Gasteiger partial charge >= 0.3 is 5.97 Å². The van der Waals surface area contributed by atoms with Gasteiger partial charge in [-0.1, -0.05) is 0 Å². The normalized spacial score (nSPS) is 13.8. The standard InChI is InChI=1S/C19H31N3O4/c1-9-26-18(25)15-11(2)16(20-12(15)3)17(24)13(4)22(8)10-14(23)21-19(5,6)7/h13,20H,9-10H2,1-8H3,(H,21,23)/p+1/t13-/m1/s1. The molecule has 1 rings (SSSR count). The molecule has 3 N–H and O–H groups in total. The Labute approximate surface area is 155 Å². The fraction of sp³-hybridized carbons (Fsp3) is 0.632. The van der Waals surface area contributed by atoms with Crippen LogP contribution in [0.3, 0.4) is 0 Å². The first-order chi connectivity index (χ1) is 11.9. The third-order valence-corrected chi connectivity index (χ3v) is 4.25. The molecule has 0 radical (unpaired) electrons. The Morgan fingerprint density at radius 1 is 1.23 bits per heavy atom. The maximum atomic E-state index is 12.9. The van der Waals surface area contributed by atoms with Gasteiger partial charge in [-0.15, -0.1) is 0 Å². The van der Waals surface area contributed by atoms with Crippen molar-refractivity contribution in [2.24, 2.45) is 0 Å². The number of Topliss-reactive ketones (excluding diaryl/α,β-unsaturated/α-hetero) is 1. The van der Waals surface area contributed by atoms with Crippen LogP contribution >= 0.6 is 0 Å². The number of amides is 1. The van der Waals surface area contributed by atoms with Crippen LogP contribution in [0.4, 0.5) is 0 Å². The Bertz CT molecular complexity index is 686. The number of ketones is 1. The molecule has 2 atom stereocenters. The Kier molecular flexibility index (Phi) is 7.15. The van der Waals surface area contributed by atoms with Crippen LogP contribution in [0.2, 0.25) is 0 Å². The number of aromatic nitrogens is 1. The maximum Gasteiger partial charge on any atom is 0.340 e. The third kappa shape index (κ3) is 5.42. The van der Waals surface area contributed by atoms with E-state index in [9.17, 15) is 14.4 Å². The fourth-order valence-electron chi connectivity index (χ4n) is 2.81. The van der Waals surface area contributed by atoms with E-state index in [0.717, 1.165) is 4.90 Å². The molecule has 0 aromatic carbocycles. The smallest absolute Gasteiger partial charge is 0.340 e. The maximum absolute atomic E-state index is 12.9. The van der Waals surface area contributed by atoms with Crippen LogP contribution in [0, 0.1) is 13.8 Å². The van der Waals surface area contributed by atoms with Crippen molar-refractivity contribution in [1.29, 1.82) is 0 Å². The highest BCUT2D eigenvalue weighted by atomic mass is 16.5. The van der Waals surface area contributed by atoms with Gasteiger partial charge in [0.15, 0.2) is 12.6 Å². The van der Waals surface area contributed by atoms with Gasteiger partial charge in [0.25, 0.3) is 5.91 Å². The molecule has 0 saturated heterocycles. The average Bonchev–Trinajstić information content (AvgIpc) is 2.78. The number of nitrogens with one attached hydrogen (secondary N) is 3. The summed E-state index contributed by atoms with van der Waals surface area (Å²) in [5.74, 6) is -0.681.